The molecule has 2 heterocycles. The second-order valence-electron chi connectivity index (χ2n) is 17.1. The topological polar surface area (TPSA) is 193 Å². The summed E-state index contributed by atoms with van der Waals surface area (Å²) in [5.41, 5.74) is 6.53. The van der Waals surface area contributed by atoms with Crippen molar-refractivity contribution in [3.05, 3.63) is 0 Å². The van der Waals surface area contributed by atoms with Crippen LogP contribution in [0.25, 0.3) is 0 Å². The summed E-state index contributed by atoms with van der Waals surface area (Å²) in [5.74, 6) is -2.57. The molecule has 7 N–H and O–H groups in total. The zero-order valence-corrected chi connectivity index (χ0v) is 33.3. The van der Waals surface area contributed by atoms with E-state index in [0.717, 1.165) is 77.3 Å². The van der Waals surface area contributed by atoms with Crippen LogP contribution >= 0.6 is 0 Å². The summed E-state index contributed by atoms with van der Waals surface area (Å²) >= 11 is 0. The molecule has 0 aromatic rings. The summed E-state index contributed by atoms with van der Waals surface area (Å²) in [6, 6.07) is -3.98. The summed E-state index contributed by atoms with van der Waals surface area (Å²) in [5, 5.41) is 14.9. The van der Waals surface area contributed by atoms with Gasteiger partial charge in [0.05, 0.1) is 24.7 Å². The minimum atomic E-state index is -1.16. The van der Waals surface area contributed by atoms with E-state index in [1.165, 1.54) is 24.2 Å². The van der Waals surface area contributed by atoms with Crippen molar-refractivity contribution in [1.29, 1.82) is 0 Å². The number of hydrogen-bond acceptors (Lipinski definition) is 9. The first-order chi connectivity index (χ1) is 25.9. The van der Waals surface area contributed by atoms with Crippen LogP contribution in [0.1, 0.15) is 124 Å². The van der Waals surface area contributed by atoms with Crippen molar-refractivity contribution in [2.24, 2.45) is 28.9 Å². The summed E-state index contributed by atoms with van der Waals surface area (Å²) in [6.07, 6.45) is 13.3. The Labute approximate surface area is 322 Å². The molecule has 54 heavy (non-hydrogen) atoms. The van der Waals surface area contributed by atoms with Crippen LogP contribution in [0.3, 0.4) is 0 Å². The van der Waals surface area contributed by atoms with E-state index in [0.29, 0.717) is 30.6 Å². The van der Waals surface area contributed by atoms with Gasteiger partial charge in [0.15, 0.2) is 0 Å². The van der Waals surface area contributed by atoms with E-state index in [2.05, 4.69) is 26.6 Å². The van der Waals surface area contributed by atoms with Crippen LogP contribution < -0.4 is 32.3 Å². The smallest absolute Gasteiger partial charge is 0.246 e. The number of rotatable bonds is 9. The standard InChI is InChI=1S/C40H69N7O7/c1-5-11-32-37(50)46-34(28-12-8-6-7-9-13-28)38(51)44-30(23-41)35(48)45-31(24-53-29-14-18-42-19-15-29)36(49)43-26(3)54-33(25(2)39(52)47(32)4)20-27-21-40(22-27)16-10-17-40/h25-34,42H,5-24,41H2,1-4H3,(H,43,49)(H,44,51)(H,45,48)(H,46,50)/t25-,26+,30+,31+,32+,33-,34+/m1/s1. The summed E-state index contributed by atoms with van der Waals surface area (Å²) < 4.78 is 12.7. The molecule has 3 aliphatic carbocycles. The van der Waals surface area contributed by atoms with Gasteiger partial charge >= 0.3 is 0 Å². The van der Waals surface area contributed by atoms with Crippen molar-refractivity contribution in [3.8, 4) is 0 Å². The highest BCUT2D eigenvalue weighted by atomic mass is 16.5. The van der Waals surface area contributed by atoms with Gasteiger partial charge in [-0.05, 0) is 101 Å². The largest absolute Gasteiger partial charge is 0.375 e. The van der Waals surface area contributed by atoms with E-state index in [-0.39, 0.29) is 31.1 Å². The minimum absolute atomic E-state index is 0.0715. The lowest BCUT2D eigenvalue weighted by atomic mass is 9.51. The number of amides is 5. The molecule has 0 unspecified atom stereocenters. The van der Waals surface area contributed by atoms with E-state index in [9.17, 15) is 24.0 Å². The molecule has 5 aliphatic rings. The number of carbonyl (C=O) groups is 5. The maximum Gasteiger partial charge on any atom is 0.246 e. The van der Waals surface area contributed by atoms with Gasteiger partial charge in [0, 0.05) is 13.6 Å². The number of ether oxygens (including phenoxy) is 2. The van der Waals surface area contributed by atoms with E-state index < -0.39 is 66.0 Å². The minimum Gasteiger partial charge on any atom is -0.375 e. The molecule has 14 heteroatoms. The van der Waals surface area contributed by atoms with Gasteiger partial charge < -0.3 is 46.7 Å². The molecule has 306 valence electrons. The maximum absolute atomic E-state index is 14.3. The predicted molar refractivity (Wildman–Crippen MR) is 205 cm³/mol. The number of hydrogen-bond donors (Lipinski definition) is 6. The number of carbonyl (C=O) groups excluding carboxylic acids is 5. The van der Waals surface area contributed by atoms with Crippen molar-refractivity contribution >= 4 is 29.5 Å². The molecule has 5 rings (SSSR count). The summed E-state index contributed by atoms with van der Waals surface area (Å²) in [7, 11) is 1.66. The summed E-state index contributed by atoms with van der Waals surface area (Å²) in [4.78, 5) is 72.0. The zero-order valence-electron chi connectivity index (χ0n) is 33.3. The number of nitrogens with two attached hydrogens (primary N) is 1. The highest BCUT2D eigenvalue weighted by molar-refractivity contribution is 5.96. The van der Waals surface area contributed by atoms with Crippen LogP contribution in [0.5, 0.6) is 0 Å². The number of nitrogens with one attached hydrogen (secondary N) is 5. The molecule has 1 spiro atoms. The fourth-order valence-electron chi connectivity index (χ4n) is 9.56. The molecule has 0 bridgehead atoms. The quantitative estimate of drug-likeness (QED) is 0.191. The van der Waals surface area contributed by atoms with Crippen molar-refractivity contribution in [1.82, 2.24) is 31.5 Å². The molecule has 2 aliphatic heterocycles. The predicted octanol–water partition coefficient (Wildman–Crippen LogP) is 2.23. The van der Waals surface area contributed by atoms with Crippen LogP contribution in [0.2, 0.25) is 0 Å². The molecule has 0 aromatic heterocycles. The monoisotopic (exact) mass is 760 g/mol. The second kappa shape index (κ2) is 19.9. The molecule has 2 saturated heterocycles. The molecule has 5 amide bonds. The van der Waals surface area contributed by atoms with Crippen LogP contribution in [0, 0.1) is 23.2 Å². The Hall–Kier alpha value is -2.81. The molecule has 5 fully saturated rings. The van der Waals surface area contributed by atoms with Crippen LogP contribution in [-0.4, -0.2) is 110 Å². The van der Waals surface area contributed by atoms with Crippen LogP contribution in [0.15, 0.2) is 0 Å². The third-order valence-electron chi connectivity index (χ3n) is 13.0. The average molecular weight is 760 g/mol. The third kappa shape index (κ3) is 10.9. The lowest BCUT2D eigenvalue weighted by Gasteiger charge is -2.55. The van der Waals surface area contributed by atoms with Crippen LogP contribution in [0.4, 0.5) is 0 Å². The van der Waals surface area contributed by atoms with E-state index in [1.807, 2.05) is 13.8 Å². The molecular formula is C40H69N7O7. The van der Waals surface area contributed by atoms with Gasteiger partial charge in [-0.2, -0.15) is 0 Å². The zero-order chi connectivity index (χ0) is 38.8. The van der Waals surface area contributed by atoms with Crippen molar-refractivity contribution in [3.63, 3.8) is 0 Å². The Morgan fingerprint density at radius 1 is 0.815 bits per heavy atom. The van der Waals surface area contributed by atoms with Gasteiger partial charge in [-0.1, -0.05) is 52.4 Å². The fourth-order valence-corrected chi connectivity index (χ4v) is 9.56. The van der Waals surface area contributed by atoms with Gasteiger partial charge in [0.25, 0.3) is 0 Å². The molecular weight excluding hydrogens is 690 g/mol. The highest BCUT2D eigenvalue weighted by Gasteiger charge is 2.49. The molecule has 0 radical (unpaired) electrons. The second-order valence-corrected chi connectivity index (χ2v) is 17.1. The Kier molecular flexibility index (Phi) is 15.6. The first-order valence-corrected chi connectivity index (χ1v) is 21.1. The number of likely N-dealkylation sites (N-methyl/N-ethyl adjacent to an activating group) is 1. The van der Waals surface area contributed by atoms with Gasteiger partial charge in [-0.25, -0.2) is 0 Å². The first kappa shape index (κ1) is 42.3. The first-order valence-electron chi connectivity index (χ1n) is 21.1. The lowest BCUT2D eigenvalue weighted by molar-refractivity contribution is -0.152. The highest BCUT2D eigenvalue weighted by Crippen LogP contribution is 2.60. The van der Waals surface area contributed by atoms with E-state index in [1.54, 1.807) is 14.0 Å². The molecule has 14 nitrogen and oxygen atoms in total. The Balaban J connectivity index is 1.44. The SMILES string of the molecule is CCC[C@H]1C(=O)N[C@@H](C2CCCCCC2)C(=O)N[C@@H](CN)C(=O)N[C@@H](COC2CCNCC2)C(=O)N[C@H](C)O[C@H](CC2CC3(CCC3)C2)[C@@H](C)C(=O)N1C. The number of nitrogens with zero attached hydrogens (tertiary/aromatic N) is 1. The van der Waals surface area contributed by atoms with Gasteiger partial charge in [0.2, 0.25) is 29.5 Å². The van der Waals surface area contributed by atoms with Crippen molar-refractivity contribution < 1.29 is 33.4 Å². The van der Waals surface area contributed by atoms with E-state index >= 15 is 0 Å². The average Bonchev–Trinajstić information content (AvgIpc) is 3.41. The van der Waals surface area contributed by atoms with Gasteiger partial charge in [-0.3, -0.25) is 24.0 Å². The van der Waals surface area contributed by atoms with E-state index in [4.69, 9.17) is 15.2 Å². The van der Waals surface area contributed by atoms with Crippen LogP contribution in [-0.2, 0) is 33.4 Å². The Morgan fingerprint density at radius 3 is 2.07 bits per heavy atom. The molecule has 3 saturated carbocycles. The molecule has 0 aromatic carbocycles. The number of piperidine rings is 1. The Bertz CT molecular complexity index is 1270. The molecule has 7 atom stereocenters. The van der Waals surface area contributed by atoms with Crippen molar-refractivity contribution in [2.75, 3.05) is 33.3 Å². The van der Waals surface area contributed by atoms with Crippen molar-refractivity contribution in [2.45, 2.75) is 166 Å². The maximum atomic E-state index is 14.3. The lowest BCUT2D eigenvalue weighted by Crippen LogP contribution is -2.62. The Morgan fingerprint density at radius 2 is 1.46 bits per heavy atom. The third-order valence-corrected chi connectivity index (χ3v) is 13.0. The summed E-state index contributed by atoms with van der Waals surface area (Å²) in [6.45, 7) is 6.85. The van der Waals surface area contributed by atoms with Gasteiger partial charge in [0.1, 0.15) is 30.4 Å². The van der Waals surface area contributed by atoms with Gasteiger partial charge in [-0.15, -0.1) is 0 Å². The fraction of sp³-hybridized carbons (Fsp3) is 0.875. The normalized spacial score (nSPS) is 33.3.